The molecular weight excluding hydrogens is 737 g/mol. The Morgan fingerprint density at radius 1 is 0.782 bits per heavy atom. The van der Waals surface area contributed by atoms with Gasteiger partial charge in [0.05, 0.1) is 74.3 Å². The minimum absolute atomic E-state index is 0.0182. The molecule has 2 N–H and O–H groups in total. The molecule has 2 fully saturated rings. The van der Waals surface area contributed by atoms with Crippen LogP contribution in [-0.4, -0.2) is 121 Å². The van der Waals surface area contributed by atoms with E-state index in [1.54, 1.807) is 6.92 Å². The summed E-state index contributed by atoms with van der Waals surface area (Å²) >= 11 is 0. The van der Waals surface area contributed by atoms with Crippen molar-refractivity contribution in [1.82, 2.24) is 9.80 Å². The maximum atomic E-state index is 13.8. The molecule has 304 valence electrons. The van der Waals surface area contributed by atoms with E-state index >= 15 is 0 Å². The Morgan fingerprint density at radius 2 is 1.24 bits per heavy atom. The first-order chi connectivity index (χ1) is 25.8. The second kappa shape index (κ2) is 18.0. The normalized spacial score (nSPS) is 20.0. The zero-order valence-electron chi connectivity index (χ0n) is 32.9. The molecule has 2 aliphatic heterocycles. The maximum Gasteiger partial charge on any atom is 0.286 e. The molecule has 55 heavy (non-hydrogen) atoms. The Kier molecular flexibility index (Phi) is 14.1. The van der Waals surface area contributed by atoms with Crippen LogP contribution in [0.5, 0.6) is 23.0 Å². The van der Waals surface area contributed by atoms with Crippen molar-refractivity contribution in [3.05, 3.63) is 55.6 Å². The Bertz CT molecular complexity index is 1730. The van der Waals surface area contributed by atoms with Crippen molar-refractivity contribution in [2.75, 3.05) is 47.1 Å². The van der Waals surface area contributed by atoms with Crippen LogP contribution in [0.2, 0.25) is 18.1 Å². The second-order valence-electron chi connectivity index (χ2n) is 15.6. The molecule has 0 radical (unpaired) electrons. The molecule has 2 aromatic rings. The summed E-state index contributed by atoms with van der Waals surface area (Å²) < 4.78 is 28.9. The average Bonchev–Trinajstić information content (AvgIpc) is 3.67. The van der Waals surface area contributed by atoms with E-state index < -0.39 is 59.6 Å². The highest BCUT2D eigenvalue weighted by Gasteiger charge is 2.42. The highest BCUT2D eigenvalue weighted by Crippen LogP contribution is 2.40. The molecule has 0 saturated carbocycles. The predicted molar refractivity (Wildman–Crippen MR) is 204 cm³/mol. The van der Waals surface area contributed by atoms with Crippen LogP contribution in [0, 0.1) is 20.2 Å². The molecule has 17 nitrogen and oxygen atoms in total. The minimum Gasteiger partial charge on any atom is -0.493 e. The molecule has 2 saturated heterocycles. The molecule has 18 heteroatoms. The van der Waals surface area contributed by atoms with Crippen LogP contribution < -0.4 is 18.9 Å². The van der Waals surface area contributed by atoms with E-state index in [4.69, 9.17) is 23.4 Å². The predicted octanol–water partition coefficient (Wildman–Crippen LogP) is 5.34. The van der Waals surface area contributed by atoms with Gasteiger partial charge in [0.25, 0.3) is 23.2 Å². The Balaban J connectivity index is 1.36. The number of β-amino-alcohol motifs (C(OH)–C–C–N with tert-alkyl or cyclic N) is 2. The van der Waals surface area contributed by atoms with Crippen molar-refractivity contribution >= 4 is 31.5 Å². The molecule has 4 rings (SSSR count). The molecule has 0 aliphatic carbocycles. The van der Waals surface area contributed by atoms with E-state index in [1.165, 1.54) is 42.2 Å². The third kappa shape index (κ3) is 10.2. The fourth-order valence-electron chi connectivity index (χ4n) is 6.45. The summed E-state index contributed by atoms with van der Waals surface area (Å²) in [6.45, 7) is 12.9. The molecule has 0 unspecified atom stereocenters. The number of ether oxygens (including phenoxy) is 4. The van der Waals surface area contributed by atoms with E-state index in [0.29, 0.717) is 32.1 Å². The van der Waals surface area contributed by atoms with E-state index in [2.05, 4.69) is 33.9 Å². The van der Waals surface area contributed by atoms with Gasteiger partial charge in [-0.3, -0.25) is 29.8 Å². The third-order valence-corrected chi connectivity index (χ3v) is 15.1. The number of nitro benzene ring substituents is 2. The van der Waals surface area contributed by atoms with Crippen LogP contribution in [0.25, 0.3) is 0 Å². The fraction of sp³-hybridized carbons (Fsp3) is 0.622. The van der Waals surface area contributed by atoms with E-state index in [1.807, 2.05) is 0 Å². The first-order valence-electron chi connectivity index (χ1n) is 18.4. The first kappa shape index (κ1) is 43.2. The number of hydrogen-bond acceptors (Lipinski definition) is 13. The lowest BCUT2D eigenvalue weighted by Crippen LogP contribution is -2.46. The molecular formula is C37H54N4O13Si. The number of benzene rings is 2. The van der Waals surface area contributed by atoms with Crippen LogP contribution >= 0.6 is 0 Å². The topological polar surface area (TPSA) is 214 Å². The summed E-state index contributed by atoms with van der Waals surface area (Å²) in [5.41, 5.74) is -1.24. The lowest BCUT2D eigenvalue weighted by atomic mass is 10.1. The molecule has 0 aromatic heterocycles. The highest BCUT2D eigenvalue weighted by atomic mass is 28.4. The van der Waals surface area contributed by atoms with Gasteiger partial charge in [-0.1, -0.05) is 20.8 Å². The van der Waals surface area contributed by atoms with Crippen molar-refractivity contribution in [2.24, 2.45) is 0 Å². The SMILES string of the molecule is COc1cc(C(=O)N2C[C@H](O)C[C@H]2CO[Si](C)(C)C(C)(C)C)c([N+](=O)[O-])cc1OCCCCCOc1cc([N+](=O)[O-])c(C(=O)N2C[C@H](O)C[C@H]2C)cc1OC. The van der Waals surface area contributed by atoms with Crippen molar-refractivity contribution in [2.45, 2.75) is 102 Å². The summed E-state index contributed by atoms with van der Waals surface area (Å²) in [6.07, 6.45) is 0.792. The monoisotopic (exact) mass is 790 g/mol. The van der Waals surface area contributed by atoms with Crippen molar-refractivity contribution in [1.29, 1.82) is 0 Å². The van der Waals surface area contributed by atoms with Crippen LogP contribution in [0.15, 0.2) is 24.3 Å². The fourth-order valence-corrected chi connectivity index (χ4v) is 7.49. The minimum atomic E-state index is -2.17. The van der Waals surface area contributed by atoms with Crippen LogP contribution in [0.1, 0.15) is 80.5 Å². The smallest absolute Gasteiger partial charge is 0.286 e. The van der Waals surface area contributed by atoms with E-state index in [0.717, 1.165) is 6.07 Å². The quantitative estimate of drug-likeness (QED) is 0.0897. The number of amides is 2. The molecule has 2 aliphatic rings. The summed E-state index contributed by atoms with van der Waals surface area (Å²) in [5, 5.41) is 44.5. The summed E-state index contributed by atoms with van der Waals surface area (Å²) in [7, 11) is 0.564. The molecule has 0 spiro atoms. The zero-order valence-corrected chi connectivity index (χ0v) is 33.9. The van der Waals surface area contributed by atoms with Gasteiger partial charge in [0.2, 0.25) is 0 Å². The van der Waals surface area contributed by atoms with Gasteiger partial charge in [-0.05, 0) is 57.2 Å². The molecule has 0 bridgehead atoms. The van der Waals surface area contributed by atoms with Crippen molar-refractivity contribution in [3.63, 3.8) is 0 Å². The average molecular weight is 791 g/mol. The Labute approximate surface area is 321 Å². The standard InChI is InChI=1S/C37H54N4O13Si/c1-23-14-25(42)20-38(23)35(44)27-16-31(50-5)33(18-29(27)40(46)47)52-12-10-9-11-13-53-34-19-30(41(48)49)28(17-32(34)51-6)36(45)39-21-26(43)15-24(39)22-54-55(7,8)37(2,3)4/h16-19,23-26,42-43H,9-15,20-22H2,1-8H3/t23-,24+,25-,26-/m1/s1. The lowest BCUT2D eigenvalue weighted by Gasteiger charge is -2.38. The van der Waals surface area contributed by atoms with Crippen LogP contribution in [-0.2, 0) is 4.43 Å². The summed E-state index contributed by atoms with van der Waals surface area (Å²) in [6, 6.07) is 4.17. The number of aliphatic hydroxyl groups is 2. The molecule has 4 atom stereocenters. The Morgan fingerprint density at radius 3 is 1.65 bits per heavy atom. The summed E-state index contributed by atoms with van der Waals surface area (Å²) in [5.74, 6) is -0.715. The second-order valence-corrected chi connectivity index (χ2v) is 20.4. The van der Waals surface area contributed by atoms with Gasteiger partial charge in [-0.15, -0.1) is 0 Å². The van der Waals surface area contributed by atoms with Gasteiger partial charge in [0.15, 0.2) is 31.3 Å². The highest BCUT2D eigenvalue weighted by molar-refractivity contribution is 6.74. The van der Waals surface area contributed by atoms with Gasteiger partial charge >= 0.3 is 0 Å². The van der Waals surface area contributed by atoms with Crippen LogP contribution in [0.4, 0.5) is 11.4 Å². The van der Waals surface area contributed by atoms with Gasteiger partial charge in [0, 0.05) is 31.3 Å². The number of carbonyl (C=O) groups excluding carboxylic acids is 2. The first-order valence-corrected chi connectivity index (χ1v) is 21.3. The number of hydrogen-bond donors (Lipinski definition) is 2. The van der Waals surface area contributed by atoms with Gasteiger partial charge in [-0.2, -0.15) is 0 Å². The number of aliphatic hydroxyl groups excluding tert-OH is 2. The number of methoxy groups -OCH3 is 2. The largest absolute Gasteiger partial charge is 0.493 e. The molecule has 2 amide bonds. The maximum absolute atomic E-state index is 13.8. The number of likely N-dealkylation sites (tertiary alicyclic amines) is 2. The number of unbranched alkanes of at least 4 members (excludes halogenated alkanes) is 2. The summed E-state index contributed by atoms with van der Waals surface area (Å²) in [4.78, 5) is 52.6. The van der Waals surface area contributed by atoms with Crippen LogP contribution in [0.3, 0.4) is 0 Å². The van der Waals surface area contributed by atoms with Gasteiger partial charge in [0.1, 0.15) is 11.1 Å². The molecule has 2 heterocycles. The Hall–Kier alpha value is -4.52. The number of nitrogens with zero attached hydrogens (tertiary/aromatic N) is 4. The molecule has 2 aromatic carbocycles. The van der Waals surface area contributed by atoms with Crippen molar-refractivity contribution in [3.8, 4) is 23.0 Å². The number of rotatable bonds is 17. The van der Waals surface area contributed by atoms with Crippen molar-refractivity contribution < 1.29 is 53.0 Å². The third-order valence-electron chi connectivity index (χ3n) is 10.6. The van der Waals surface area contributed by atoms with E-state index in [9.17, 15) is 40.0 Å². The lowest BCUT2D eigenvalue weighted by molar-refractivity contribution is -0.385. The van der Waals surface area contributed by atoms with Gasteiger partial charge in [-0.25, -0.2) is 0 Å². The number of nitro groups is 2. The number of carbonyl (C=O) groups is 2. The van der Waals surface area contributed by atoms with E-state index in [-0.39, 0.29) is 78.1 Å². The van der Waals surface area contributed by atoms with Gasteiger partial charge < -0.3 is 43.4 Å². The zero-order chi connectivity index (χ0) is 40.8.